The first-order chi connectivity index (χ1) is 11.7. The molecule has 0 aliphatic carbocycles. The molecular formula is C18H21N2O2S2+. The zero-order valence-electron chi connectivity index (χ0n) is 13.6. The molecule has 0 amide bonds. The van der Waals surface area contributed by atoms with Crippen LogP contribution in [0.4, 0.5) is 5.69 Å². The normalized spacial score (nSPS) is 23.5. The van der Waals surface area contributed by atoms with Gasteiger partial charge in [-0.25, -0.2) is 9.48 Å². The molecule has 0 bridgehead atoms. The van der Waals surface area contributed by atoms with Crippen molar-refractivity contribution in [2.75, 3.05) is 30.3 Å². The van der Waals surface area contributed by atoms with Crippen LogP contribution in [0.5, 0.6) is 5.75 Å². The summed E-state index contributed by atoms with van der Waals surface area (Å²) in [6.45, 7) is 4.04. The molecule has 2 aliphatic heterocycles. The maximum absolute atomic E-state index is 11.5. The maximum atomic E-state index is 11.5. The molecule has 126 valence electrons. The lowest BCUT2D eigenvalue weighted by molar-refractivity contribution is -0.655. The number of para-hydroxylation sites is 2. The highest BCUT2D eigenvalue weighted by Gasteiger charge is 2.54. The van der Waals surface area contributed by atoms with E-state index in [9.17, 15) is 5.11 Å². The van der Waals surface area contributed by atoms with E-state index in [1.165, 1.54) is 0 Å². The minimum Gasteiger partial charge on any atom is -0.489 e. The minimum absolute atomic E-state index is 0.528. The number of thioether (sulfide) groups is 1. The Morgan fingerprint density at radius 1 is 1.29 bits per heavy atom. The van der Waals surface area contributed by atoms with Crippen LogP contribution in [-0.2, 0) is 5.72 Å². The number of ether oxygens (including phenoxy) is 1. The zero-order chi connectivity index (χ0) is 16.6. The third kappa shape index (κ3) is 2.53. The highest BCUT2D eigenvalue weighted by atomic mass is 32.2. The quantitative estimate of drug-likeness (QED) is 0.848. The Balaban J connectivity index is 1.80. The molecule has 1 N–H and O–H groups in total. The van der Waals surface area contributed by atoms with Gasteiger partial charge in [0.05, 0.1) is 18.0 Å². The van der Waals surface area contributed by atoms with Crippen LogP contribution in [0.3, 0.4) is 0 Å². The van der Waals surface area contributed by atoms with Gasteiger partial charge in [-0.3, -0.25) is 0 Å². The molecule has 6 heteroatoms. The van der Waals surface area contributed by atoms with Crippen LogP contribution in [-0.4, -0.2) is 40.3 Å². The van der Waals surface area contributed by atoms with Crippen LogP contribution >= 0.6 is 23.1 Å². The fourth-order valence-corrected chi connectivity index (χ4v) is 5.36. The number of thiophene rings is 1. The molecule has 4 rings (SSSR count). The number of benzene rings is 1. The van der Waals surface area contributed by atoms with Crippen molar-refractivity contribution in [3.8, 4) is 5.75 Å². The average molecular weight is 362 g/mol. The second-order valence-electron chi connectivity index (χ2n) is 5.92. The monoisotopic (exact) mass is 361 g/mol. The smallest absolute Gasteiger partial charge is 0.316 e. The SMILES string of the molecule is CCOc1ccccc1N1C[C@](O)(c2cccs2)[N+]2=C1SCCC2. The number of anilines is 1. The number of rotatable bonds is 4. The molecule has 2 aromatic rings. The van der Waals surface area contributed by atoms with Gasteiger partial charge >= 0.3 is 5.17 Å². The van der Waals surface area contributed by atoms with Gasteiger partial charge < -0.3 is 9.84 Å². The van der Waals surface area contributed by atoms with Crippen molar-refractivity contribution in [1.82, 2.24) is 0 Å². The Bertz CT molecular complexity index is 760. The number of β-amino-alcohol motifs (C(OH)–C–C–N with tert-alkyl or cyclic N) is 1. The van der Waals surface area contributed by atoms with Gasteiger partial charge in [0.2, 0.25) is 0 Å². The number of amidine groups is 1. The number of nitrogens with zero attached hydrogens (tertiary/aromatic N) is 2. The van der Waals surface area contributed by atoms with Gasteiger partial charge in [-0.15, -0.1) is 11.3 Å². The Morgan fingerprint density at radius 2 is 2.17 bits per heavy atom. The van der Waals surface area contributed by atoms with Crippen LogP contribution in [0.15, 0.2) is 41.8 Å². The second-order valence-corrected chi connectivity index (χ2v) is 7.93. The summed E-state index contributed by atoms with van der Waals surface area (Å²) in [5, 5.41) is 14.7. The summed E-state index contributed by atoms with van der Waals surface area (Å²) in [6, 6.07) is 12.1. The molecule has 0 saturated heterocycles. The summed E-state index contributed by atoms with van der Waals surface area (Å²) in [6.07, 6.45) is 1.09. The number of hydrogen-bond acceptors (Lipinski definition) is 5. The fraction of sp³-hybridized carbons (Fsp3) is 0.389. The van der Waals surface area contributed by atoms with Crippen molar-refractivity contribution in [3.05, 3.63) is 46.7 Å². The van der Waals surface area contributed by atoms with Crippen molar-refractivity contribution in [2.45, 2.75) is 19.1 Å². The third-order valence-electron chi connectivity index (χ3n) is 4.42. The largest absolute Gasteiger partial charge is 0.489 e. The Hall–Kier alpha value is -1.50. The van der Waals surface area contributed by atoms with Crippen molar-refractivity contribution < 1.29 is 14.4 Å². The Kier molecular flexibility index (Phi) is 4.28. The van der Waals surface area contributed by atoms with E-state index in [0.29, 0.717) is 13.2 Å². The zero-order valence-corrected chi connectivity index (χ0v) is 15.3. The molecule has 0 spiro atoms. The highest BCUT2D eigenvalue weighted by molar-refractivity contribution is 8.13. The summed E-state index contributed by atoms with van der Waals surface area (Å²) >= 11 is 3.43. The van der Waals surface area contributed by atoms with Gasteiger partial charge in [-0.1, -0.05) is 18.2 Å². The summed E-state index contributed by atoms with van der Waals surface area (Å²) in [5.74, 6) is 1.95. The van der Waals surface area contributed by atoms with E-state index in [0.717, 1.165) is 40.2 Å². The predicted octanol–water partition coefficient (Wildman–Crippen LogP) is 3.32. The molecule has 0 radical (unpaired) electrons. The molecule has 1 aromatic carbocycles. The molecule has 1 aromatic heterocycles. The van der Waals surface area contributed by atoms with E-state index in [4.69, 9.17) is 4.74 Å². The van der Waals surface area contributed by atoms with Gasteiger partial charge in [0, 0.05) is 5.75 Å². The van der Waals surface area contributed by atoms with E-state index >= 15 is 0 Å². The van der Waals surface area contributed by atoms with Crippen molar-refractivity contribution in [3.63, 3.8) is 0 Å². The fourth-order valence-electron chi connectivity index (χ4n) is 3.36. The first-order valence-electron chi connectivity index (χ1n) is 8.27. The van der Waals surface area contributed by atoms with Crippen molar-refractivity contribution in [1.29, 1.82) is 0 Å². The summed E-state index contributed by atoms with van der Waals surface area (Å²) in [7, 11) is 0. The van der Waals surface area contributed by atoms with E-state index < -0.39 is 5.72 Å². The molecule has 0 fully saturated rings. The lowest BCUT2D eigenvalue weighted by Crippen LogP contribution is -2.40. The van der Waals surface area contributed by atoms with Crippen LogP contribution in [0.25, 0.3) is 0 Å². The van der Waals surface area contributed by atoms with E-state index in [1.807, 2.05) is 54.4 Å². The lowest BCUT2D eigenvalue weighted by Gasteiger charge is -2.22. The van der Waals surface area contributed by atoms with Gasteiger partial charge in [-0.2, -0.15) is 0 Å². The summed E-state index contributed by atoms with van der Waals surface area (Å²) in [4.78, 5) is 3.22. The third-order valence-corrected chi connectivity index (χ3v) is 6.62. The second kappa shape index (κ2) is 6.43. The summed E-state index contributed by atoms with van der Waals surface area (Å²) in [5.41, 5.74) is 0.0669. The predicted molar refractivity (Wildman–Crippen MR) is 100 cm³/mol. The topological polar surface area (TPSA) is 35.7 Å². The van der Waals surface area contributed by atoms with E-state index in [-0.39, 0.29) is 0 Å². The van der Waals surface area contributed by atoms with Gasteiger partial charge in [0.25, 0.3) is 5.72 Å². The summed E-state index contributed by atoms with van der Waals surface area (Å²) < 4.78 is 7.99. The van der Waals surface area contributed by atoms with Crippen LogP contribution in [0.2, 0.25) is 0 Å². The molecule has 4 nitrogen and oxygen atoms in total. The lowest BCUT2D eigenvalue weighted by atomic mass is 10.1. The number of aliphatic hydroxyl groups is 1. The Morgan fingerprint density at radius 3 is 2.96 bits per heavy atom. The first-order valence-corrected chi connectivity index (χ1v) is 10.1. The van der Waals surface area contributed by atoms with Crippen LogP contribution < -0.4 is 9.64 Å². The first kappa shape index (κ1) is 16.0. The van der Waals surface area contributed by atoms with Crippen molar-refractivity contribution >= 4 is 34.0 Å². The molecule has 0 unspecified atom stereocenters. The molecular weight excluding hydrogens is 340 g/mol. The molecule has 2 aliphatic rings. The van der Waals surface area contributed by atoms with Crippen LogP contribution in [0, 0.1) is 0 Å². The molecule has 3 heterocycles. The molecule has 0 saturated carbocycles. The molecule has 24 heavy (non-hydrogen) atoms. The average Bonchev–Trinajstić information content (AvgIpc) is 3.24. The standard InChI is InChI=1S/C18H21N2O2S2/c1-2-22-15-8-4-3-7-14(15)19-13-18(21,16-9-5-11-23-16)20-10-6-12-24-17(19)20/h3-5,7-9,11,21H,2,6,10,12-13H2,1H3/q+1/t18-/m0/s1. The van der Waals surface area contributed by atoms with Gasteiger partial charge in [0.15, 0.2) is 18.0 Å². The van der Waals surface area contributed by atoms with Gasteiger partial charge in [-0.05, 0) is 48.7 Å². The highest BCUT2D eigenvalue weighted by Crippen LogP contribution is 2.41. The molecule has 1 atom stereocenters. The van der Waals surface area contributed by atoms with Gasteiger partial charge in [0.1, 0.15) is 0 Å². The van der Waals surface area contributed by atoms with Crippen LogP contribution in [0.1, 0.15) is 18.2 Å². The Labute approximate surface area is 150 Å². The van der Waals surface area contributed by atoms with Crippen molar-refractivity contribution in [2.24, 2.45) is 0 Å². The van der Waals surface area contributed by atoms with E-state index in [1.54, 1.807) is 11.3 Å². The van der Waals surface area contributed by atoms with E-state index in [2.05, 4.69) is 15.5 Å². The minimum atomic E-state index is -0.962. The maximum Gasteiger partial charge on any atom is 0.316 e. The number of hydrogen-bond donors (Lipinski definition) is 1.